The third kappa shape index (κ3) is 4.05. The highest BCUT2D eigenvalue weighted by Crippen LogP contribution is 2.49. The first kappa shape index (κ1) is 25.9. The van der Waals surface area contributed by atoms with E-state index >= 15 is 0 Å². The SMILES string of the molecule is c1ccc(-c2nc(-c3ccccc3)nc(-c3cccc4oc5ccc(-c6cc7c8c(cccc8c6)-c6ccccc6-7)cc5c34)n2)cc1. The van der Waals surface area contributed by atoms with E-state index in [9.17, 15) is 0 Å². The molecule has 1 aliphatic carbocycles. The van der Waals surface area contributed by atoms with E-state index in [1.165, 1.54) is 38.6 Å². The number of aromatic nitrogens is 3. The van der Waals surface area contributed by atoms with Crippen molar-refractivity contribution in [3.63, 3.8) is 0 Å². The molecule has 0 unspecified atom stereocenters. The number of benzene rings is 7. The van der Waals surface area contributed by atoms with Crippen molar-refractivity contribution in [1.29, 1.82) is 0 Å². The zero-order valence-corrected chi connectivity index (χ0v) is 25.2. The largest absolute Gasteiger partial charge is 0.456 e. The Bertz CT molecular complexity index is 2620. The van der Waals surface area contributed by atoms with Gasteiger partial charge in [0.05, 0.1) is 0 Å². The highest BCUT2D eigenvalue weighted by molar-refractivity contribution is 6.17. The molecular formula is C43H25N3O. The predicted octanol–water partition coefficient (Wildman–Crippen LogP) is 11.2. The lowest BCUT2D eigenvalue weighted by Gasteiger charge is -2.10. The number of rotatable bonds is 4. The molecule has 10 rings (SSSR count). The molecule has 0 bridgehead atoms. The summed E-state index contributed by atoms with van der Waals surface area (Å²) < 4.78 is 6.43. The second-order valence-electron chi connectivity index (χ2n) is 12.0. The van der Waals surface area contributed by atoms with Crippen molar-refractivity contribution in [2.24, 2.45) is 0 Å². The zero-order chi connectivity index (χ0) is 30.9. The highest BCUT2D eigenvalue weighted by atomic mass is 16.3. The summed E-state index contributed by atoms with van der Waals surface area (Å²) in [6, 6.07) is 52.7. The summed E-state index contributed by atoms with van der Waals surface area (Å²) >= 11 is 0. The van der Waals surface area contributed by atoms with Crippen LogP contribution in [0.4, 0.5) is 0 Å². The van der Waals surface area contributed by atoms with E-state index in [0.29, 0.717) is 17.5 Å². The van der Waals surface area contributed by atoms with Crippen molar-refractivity contribution in [2.75, 3.05) is 0 Å². The summed E-state index contributed by atoms with van der Waals surface area (Å²) in [7, 11) is 0. The van der Waals surface area contributed by atoms with Crippen molar-refractivity contribution < 1.29 is 4.42 Å². The van der Waals surface area contributed by atoms with Crippen LogP contribution in [0, 0.1) is 0 Å². The van der Waals surface area contributed by atoms with E-state index in [-0.39, 0.29) is 0 Å². The molecule has 0 spiro atoms. The lowest BCUT2D eigenvalue weighted by atomic mass is 9.95. The number of nitrogens with zero attached hydrogens (tertiary/aromatic N) is 3. The van der Waals surface area contributed by atoms with Crippen molar-refractivity contribution in [1.82, 2.24) is 15.0 Å². The Kier molecular flexibility index (Phi) is 5.54. The Labute approximate surface area is 270 Å². The Morgan fingerprint density at radius 2 is 0.957 bits per heavy atom. The fraction of sp³-hybridized carbons (Fsp3) is 0. The molecule has 218 valence electrons. The van der Waals surface area contributed by atoms with Crippen LogP contribution >= 0.6 is 0 Å². The number of hydrogen-bond donors (Lipinski definition) is 0. The predicted molar refractivity (Wildman–Crippen MR) is 191 cm³/mol. The van der Waals surface area contributed by atoms with Crippen LogP contribution < -0.4 is 0 Å². The maximum absolute atomic E-state index is 6.43. The Morgan fingerprint density at radius 1 is 0.340 bits per heavy atom. The molecule has 2 aromatic heterocycles. The molecule has 0 saturated carbocycles. The van der Waals surface area contributed by atoms with E-state index in [4.69, 9.17) is 19.4 Å². The average molecular weight is 600 g/mol. The van der Waals surface area contributed by atoms with Gasteiger partial charge in [-0.2, -0.15) is 0 Å². The standard InChI is InChI=1S/C43H25N3O/c1-3-11-26(12-4-1)41-44-42(27-13-5-2-6-14-27)46-43(45-41)34-19-10-20-38-40(34)36-24-28(21-22-37(36)47-38)30-23-29-15-9-18-33-31-16-7-8-17-32(31)35(25-30)39(29)33/h1-25H. The van der Waals surface area contributed by atoms with Crippen molar-refractivity contribution in [3.05, 3.63) is 152 Å². The summed E-state index contributed by atoms with van der Waals surface area (Å²) in [5.74, 6) is 1.88. The van der Waals surface area contributed by atoms with Crippen LogP contribution in [0.25, 0.3) is 100 Å². The molecule has 0 aliphatic heterocycles. The van der Waals surface area contributed by atoms with Gasteiger partial charge >= 0.3 is 0 Å². The van der Waals surface area contributed by atoms with Crippen LogP contribution in [-0.2, 0) is 0 Å². The smallest absolute Gasteiger partial charge is 0.164 e. The summed E-state index contributed by atoms with van der Waals surface area (Å²) in [5, 5.41) is 4.59. The molecule has 0 saturated heterocycles. The molecule has 2 heterocycles. The van der Waals surface area contributed by atoms with E-state index in [0.717, 1.165) is 44.2 Å². The van der Waals surface area contributed by atoms with Crippen molar-refractivity contribution in [2.45, 2.75) is 0 Å². The number of furan rings is 1. The van der Waals surface area contributed by atoms with Crippen LogP contribution in [0.3, 0.4) is 0 Å². The monoisotopic (exact) mass is 599 g/mol. The molecule has 0 fully saturated rings. The third-order valence-corrected chi connectivity index (χ3v) is 9.25. The normalized spacial score (nSPS) is 11.8. The van der Waals surface area contributed by atoms with Crippen LogP contribution in [0.1, 0.15) is 0 Å². The Hall–Kier alpha value is -6.39. The van der Waals surface area contributed by atoms with Gasteiger partial charge in [0.2, 0.25) is 0 Å². The Balaban J connectivity index is 1.19. The van der Waals surface area contributed by atoms with E-state index < -0.39 is 0 Å². The van der Waals surface area contributed by atoms with Gasteiger partial charge in [-0.25, -0.2) is 15.0 Å². The quantitative estimate of drug-likeness (QED) is 0.202. The lowest BCUT2D eigenvalue weighted by Crippen LogP contribution is -2.00. The Morgan fingerprint density at radius 3 is 1.70 bits per heavy atom. The molecule has 0 radical (unpaired) electrons. The first-order valence-electron chi connectivity index (χ1n) is 15.8. The molecular weight excluding hydrogens is 574 g/mol. The van der Waals surface area contributed by atoms with Gasteiger partial charge in [0.15, 0.2) is 17.5 Å². The van der Waals surface area contributed by atoms with Crippen LogP contribution in [0.5, 0.6) is 0 Å². The summed E-state index contributed by atoms with van der Waals surface area (Å²) in [4.78, 5) is 15.0. The minimum atomic E-state index is 0.611. The summed E-state index contributed by atoms with van der Waals surface area (Å²) in [5.41, 5.74) is 11.9. The van der Waals surface area contributed by atoms with Crippen LogP contribution in [0.15, 0.2) is 156 Å². The minimum Gasteiger partial charge on any atom is -0.456 e. The van der Waals surface area contributed by atoms with Gasteiger partial charge in [0.1, 0.15) is 11.2 Å². The van der Waals surface area contributed by atoms with Gasteiger partial charge in [-0.15, -0.1) is 0 Å². The van der Waals surface area contributed by atoms with Gasteiger partial charge in [0, 0.05) is 27.5 Å². The van der Waals surface area contributed by atoms with E-state index in [1.807, 2.05) is 72.8 Å². The van der Waals surface area contributed by atoms with E-state index in [1.54, 1.807) is 0 Å². The number of fused-ring (bicyclic) bond motifs is 6. The summed E-state index contributed by atoms with van der Waals surface area (Å²) in [6.45, 7) is 0. The fourth-order valence-corrected chi connectivity index (χ4v) is 7.11. The molecule has 1 aliphatic rings. The first-order valence-corrected chi connectivity index (χ1v) is 15.8. The molecule has 4 nitrogen and oxygen atoms in total. The molecule has 9 aromatic rings. The van der Waals surface area contributed by atoms with E-state index in [2.05, 4.69) is 78.9 Å². The van der Waals surface area contributed by atoms with Gasteiger partial charge < -0.3 is 4.42 Å². The first-order chi connectivity index (χ1) is 23.3. The number of hydrogen-bond acceptors (Lipinski definition) is 4. The average Bonchev–Trinajstić information content (AvgIpc) is 3.68. The van der Waals surface area contributed by atoms with Crippen molar-refractivity contribution in [3.8, 4) is 67.5 Å². The van der Waals surface area contributed by atoms with Gasteiger partial charge in [-0.3, -0.25) is 0 Å². The molecule has 0 atom stereocenters. The second kappa shape index (κ2) is 10.1. The fourth-order valence-electron chi connectivity index (χ4n) is 7.11. The molecule has 47 heavy (non-hydrogen) atoms. The van der Waals surface area contributed by atoms with Gasteiger partial charge in [-0.1, -0.05) is 121 Å². The maximum atomic E-state index is 6.43. The third-order valence-electron chi connectivity index (χ3n) is 9.25. The van der Waals surface area contributed by atoms with Gasteiger partial charge in [0.25, 0.3) is 0 Å². The maximum Gasteiger partial charge on any atom is 0.164 e. The second-order valence-corrected chi connectivity index (χ2v) is 12.0. The minimum absolute atomic E-state index is 0.611. The molecule has 4 heteroatoms. The molecule has 7 aromatic carbocycles. The zero-order valence-electron chi connectivity index (χ0n) is 25.2. The topological polar surface area (TPSA) is 51.8 Å². The molecule has 0 amide bonds. The van der Waals surface area contributed by atoms with Crippen LogP contribution in [0.2, 0.25) is 0 Å². The highest BCUT2D eigenvalue weighted by Gasteiger charge is 2.22. The lowest BCUT2D eigenvalue weighted by molar-refractivity contribution is 0.669. The molecule has 0 N–H and O–H groups in total. The van der Waals surface area contributed by atoms with Crippen LogP contribution in [-0.4, -0.2) is 15.0 Å². The summed E-state index contributed by atoms with van der Waals surface area (Å²) in [6.07, 6.45) is 0. The van der Waals surface area contributed by atoms with Gasteiger partial charge in [-0.05, 0) is 74.5 Å². The van der Waals surface area contributed by atoms with Crippen molar-refractivity contribution >= 4 is 32.7 Å².